The Balaban J connectivity index is 2.00. The van der Waals surface area contributed by atoms with Crippen LogP contribution in [0.3, 0.4) is 0 Å². The highest BCUT2D eigenvalue weighted by Gasteiger charge is 2.27. The van der Waals surface area contributed by atoms with Crippen LogP contribution in [0.5, 0.6) is 0 Å². The van der Waals surface area contributed by atoms with Crippen LogP contribution in [-0.4, -0.2) is 41.9 Å². The molecule has 1 aromatic carbocycles. The van der Waals surface area contributed by atoms with Crippen molar-refractivity contribution in [1.29, 1.82) is 0 Å². The van der Waals surface area contributed by atoms with E-state index in [2.05, 4.69) is 11.0 Å². The molecule has 1 aliphatic rings. The van der Waals surface area contributed by atoms with Crippen LogP contribution in [0.4, 0.5) is 5.82 Å². The van der Waals surface area contributed by atoms with E-state index in [0.29, 0.717) is 19.8 Å². The Bertz CT molecular complexity index is 672. The van der Waals surface area contributed by atoms with Crippen LogP contribution in [0.15, 0.2) is 30.3 Å². The Labute approximate surface area is 123 Å². The zero-order valence-corrected chi connectivity index (χ0v) is 12.0. The van der Waals surface area contributed by atoms with Gasteiger partial charge in [0, 0.05) is 11.9 Å². The topological polar surface area (TPSA) is 62.7 Å². The number of aliphatic carboxylic acids is 1. The second kappa shape index (κ2) is 5.69. The van der Waals surface area contributed by atoms with Crippen molar-refractivity contribution in [1.82, 2.24) is 4.98 Å². The van der Waals surface area contributed by atoms with Gasteiger partial charge in [-0.1, -0.05) is 18.2 Å². The number of nitrogens with zero attached hydrogens (tertiary/aromatic N) is 2. The average Bonchev–Trinajstić information content (AvgIpc) is 2.47. The highest BCUT2D eigenvalue weighted by atomic mass is 16.5. The lowest BCUT2D eigenvalue weighted by molar-refractivity contribution is -0.138. The van der Waals surface area contributed by atoms with E-state index < -0.39 is 5.97 Å². The maximum atomic E-state index is 11.0. The monoisotopic (exact) mass is 286 g/mol. The number of carboxylic acid groups (broad SMARTS) is 1. The highest BCUT2D eigenvalue weighted by Crippen LogP contribution is 2.26. The van der Waals surface area contributed by atoms with Crippen LogP contribution in [0, 0.1) is 6.92 Å². The Morgan fingerprint density at radius 1 is 1.48 bits per heavy atom. The van der Waals surface area contributed by atoms with Crippen LogP contribution in [0.25, 0.3) is 10.9 Å². The minimum atomic E-state index is -0.811. The van der Waals surface area contributed by atoms with Crippen LogP contribution in [-0.2, 0) is 9.53 Å². The molecule has 1 atom stereocenters. The van der Waals surface area contributed by atoms with Crippen LogP contribution in [0.2, 0.25) is 0 Å². The third kappa shape index (κ3) is 2.83. The molecule has 21 heavy (non-hydrogen) atoms. The zero-order chi connectivity index (χ0) is 14.8. The number of anilines is 1. The number of hydrogen-bond acceptors (Lipinski definition) is 4. The van der Waals surface area contributed by atoms with Gasteiger partial charge in [-0.05, 0) is 24.6 Å². The second-order valence-electron chi connectivity index (χ2n) is 5.34. The zero-order valence-electron chi connectivity index (χ0n) is 12.0. The first kappa shape index (κ1) is 13.8. The van der Waals surface area contributed by atoms with Gasteiger partial charge in [-0.3, -0.25) is 4.79 Å². The minimum Gasteiger partial charge on any atom is -0.481 e. The number of carboxylic acids is 1. The number of hydrogen-bond donors (Lipinski definition) is 1. The first-order valence-corrected chi connectivity index (χ1v) is 7.08. The summed E-state index contributed by atoms with van der Waals surface area (Å²) in [7, 11) is 0. The molecule has 5 heteroatoms. The Hall–Kier alpha value is -2.14. The van der Waals surface area contributed by atoms with E-state index in [0.717, 1.165) is 22.3 Å². The molecule has 2 heterocycles. The molecule has 1 N–H and O–H groups in total. The van der Waals surface area contributed by atoms with Gasteiger partial charge in [0.25, 0.3) is 0 Å². The van der Waals surface area contributed by atoms with Crippen LogP contribution >= 0.6 is 0 Å². The molecular formula is C16H18N2O3. The summed E-state index contributed by atoms with van der Waals surface area (Å²) in [6, 6.07) is 9.90. The van der Waals surface area contributed by atoms with Gasteiger partial charge in [0.2, 0.25) is 0 Å². The lowest BCUT2D eigenvalue weighted by Gasteiger charge is -2.36. The highest BCUT2D eigenvalue weighted by molar-refractivity contribution is 5.82. The number of aromatic nitrogens is 1. The minimum absolute atomic E-state index is 0.0634. The average molecular weight is 286 g/mol. The van der Waals surface area contributed by atoms with Gasteiger partial charge >= 0.3 is 5.97 Å². The van der Waals surface area contributed by atoms with Crippen molar-refractivity contribution < 1.29 is 14.6 Å². The molecular weight excluding hydrogens is 268 g/mol. The fraction of sp³-hybridized carbons (Fsp3) is 0.375. The molecule has 2 aromatic rings. The fourth-order valence-electron chi connectivity index (χ4n) is 2.81. The number of aryl methyl sites for hydroxylation is 1. The van der Waals surface area contributed by atoms with Gasteiger partial charge in [-0.2, -0.15) is 0 Å². The quantitative estimate of drug-likeness (QED) is 0.937. The predicted octanol–water partition coefficient (Wildman–Crippen LogP) is 2.22. The summed E-state index contributed by atoms with van der Waals surface area (Å²) in [5.41, 5.74) is 1.99. The van der Waals surface area contributed by atoms with Crippen molar-refractivity contribution in [3.8, 4) is 0 Å². The number of benzene rings is 1. The number of ether oxygens (including phenoxy) is 1. The van der Waals surface area contributed by atoms with E-state index in [1.807, 2.05) is 31.2 Å². The van der Waals surface area contributed by atoms with Crippen LogP contribution < -0.4 is 4.90 Å². The SMILES string of the molecule is Cc1cc2ccccc2nc1N1CCOCC1CC(=O)O. The molecule has 0 bridgehead atoms. The van der Waals surface area contributed by atoms with Gasteiger partial charge in [-0.15, -0.1) is 0 Å². The molecule has 1 saturated heterocycles. The molecule has 5 nitrogen and oxygen atoms in total. The third-order valence-corrected chi connectivity index (χ3v) is 3.80. The number of para-hydroxylation sites is 1. The normalized spacial score (nSPS) is 18.9. The van der Waals surface area contributed by atoms with E-state index in [1.165, 1.54) is 0 Å². The summed E-state index contributed by atoms with van der Waals surface area (Å²) < 4.78 is 5.43. The van der Waals surface area contributed by atoms with E-state index in [-0.39, 0.29) is 12.5 Å². The summed E-state index contributed by atoms with van der Waals surface area (Å²) >= 11 is 0. The molecule has 110 valence electrons. The summed E-state index contributed by atoms with van der Waals surface area (Å²) in [6.07, 6.45) is 0.0634. The van der Waals surface area contributed by atoms with E-state index in [1.54, 1.807) is 0 Å². The van der Waals surface area contributed by atoms with Crippen molar-refractivity contribution in [3.63, 3.8) is 0 Å². The first-order valence-electron chi connectivity index (χ1n) is 7.08. The maximum Gasteiger partial charge on any atom is 0.305 e. The first-order chi connectivity index (χ1) is 10.1. The van der Waals surface area contributed by atoms with Crippen LogP contribution in [0.1, 0.15) is 12.0 Å². The van der Waals surface area contributed by atoms with Gasteiger partial charge in [0.1, 0.15) is 5.82 Å². The van der Waals surface area contributed by atoms with Gasteiger partial charge < -0.3 is 14.7 Å². The molecule has 1 aromatic heterocycles. The summed E-state index contributed by atoms with van der Waals surface area (Å²) in [5, 5.41) is 10.2. The van der Waals surface area contributed by atoms with Crippen molar-refractivity contribution in [2.45, 2.75) is 19.4 Å². The van der Waals surface area contributed by atoms with Crippen molar-refractivity contribution in [3.05, 3.63) is 35.9 Å². The summed E-state index contributed by atoms with van der Waals surface area (Å²) in [4.78, 5) is 17.8. The molecule has 1 unspecified atom stereocenters. The Morgan fingerprint density at radius 3 is 3.10 bits per heavy atom. The maximum absolute atomic E-state index is 11.0. The van der Waals surface area contributed by atoms with Gasteiger partial charge in [0.15, 0.2) is 0 Å². The smallest absolute Gasteiger partial charge is 0.305 e. The lowest BCUT2D eigenvalue weighted by atomic mass is 10.1. The molecule has 0 amide bonds. The number of morpholine rings is 1. The van der Waals surface area contributed by atoms with E-state index in [4.69, 9.17) is 14.8 Å². The predicted molar refractivity (Wildman–Crippen MR) is 80.7 cm³/mol. The molecule has 0 spiro atoms. The molecule has 0 aliphatic carbocycles. The number of carbonyl (C=O) groups is 1. The molecule has 0 saturated carbocycles. The van der Waals surface area contributed by atoms with Crippen molar-refractivity contribution in [2.24, 2.45) is 0 Å². The van der Waals surface area contributed by atoms with Gasteiger partial charge in [-0.25, -0.2) is 4.98 Å². The summed E-state index contributed by atoms with van der Waals surface area (Å²) in [6.45, 7) is 3.72. The third-order valence-electron chi connectivity index (χ3n) is 3.80. The van der Waals surface area contributed by atoms with E-state index in [9.17, 15) is 4.79 Å². The Kier molecular flexibility index (Phi) is 3.75. The molecule has 3 rings (SSSR count). The number of rotatable bonds is 3. The second-order valence-corrected chi connectivity index (χ2v) is 5.34. The molecule has 1 fully saturated rings. The standard InChI is InChI=1S/C16H18N2O3/c1-11-8-12-4-2-3-5-14(12)17-16(11)18-6-7-21-10-13(18)9-15(19)20/h2-5,8,13H,6-7,9-10H2,1H3,(H,19,20). The number of pyridine rings is 1. The molecule has 0 radical (unpaired) electrons. The summed E-state index contributed by atoms with van der Waals surface area (Å²) in [5.74, 6) is 0.0530. The van der Waals surface area contributed by atoms with Gasteiger partial charge in [0.05, 0.1) is 31.2 Å². The fourth-order valence-corrected chi connectivity index (χ4v) is 2.81. The van der Waals surface area contributed by atoms with Crippen molar-refractivity contribution >= 4 is 22.7 Å². The largest absolute Gasteiger partial charge is 0.481 e. The number of fused-ring (bicyclic) bond motifs is 1. The van der Waals surface area contributed by atoms with E-state index >= 15 is 0 Å². The Morgan fingerprint density at radius 2 is 2.29 bits per heavy atom. The lowest BCUT2D eigenvalue weighted by Crippen LogP contribution is -2.47. The van der Waals surface area contributed by atoms with Crippen molar-refractivity contribution in [2.75, 3.05) is 24.7 Å². The molecule has 1 aliphatic heterocycles.